The number of Topliss-reactive ketones (excluding diaryl/α,β-unsaturated/α-hetero) is 1. The van der Waals surface area contributed by atoms with Crippen LogP contribution < -0.4 is 11.1 Å². The molecule has 4 N–H and O–H groups in total. The number of hydrogen-bond donors (Lipinski definition) is 3. The zero-order valence-corrected chi connectivity index (χ0v) is 17.2. The van der Waals surface area contributed by atoms with Crippen LogP contribution in [0.2, 0.25) is 0 Å². The third-order valence-corrected chi connectivity index (χ3v) is 8.38. The van der Waals surface area contributed by atoms with Gasteiger partial charge in [-0.05, 0) is 74.2 Å². The minimum atomic E-state index is -0.0453. The fraction of sp³-hybridized carbons (Fsp3) is 0.773. The molecule has 3 saturated carbocycles. The van der Waals surface area contributed by atoms with Gasteiger partial charge in [0.05, 0.1) is 12.3 Å². The van der Waals surface area contributed by atoms with Crippen LogP contribution in [0.15, 0.2) is 16.8 Å². The van der Waals surface area contributed by atoms with Gasteiger partial charge >= 0.3 is 0 Å². The van der Waals surface area contributed by atoms with Gasteiger partial charge in [0.2, 0.25) is 0 Å². The number of allylic oxidation sites excluding steroid dienone is 2. The van der Waals surface area contributed by atoms with Gasteiger partial charge < -0.3 is 15.9 Å². The molecule has 6 nitrogen and oxygen atoms in total. The molecular formula is C22H34N4O2. The average Bonchev–Trinajstić information content (AvgIpc) is 2.96. The van der Waals surface area contributed by atoms with Gasteiger partial charge in [-0.25, -0.2) is 0 Å². The number of nitrogens with zero attached hydrogens (tertiary/aromatic N) is 1. The molecule has 4 aliphatic carbocycles. The molecule has 0 spiro atoms. The summed E-state index contributed by atoms with van der Waals surface area (Å²) in [4.78, 5) is 17.9. The van der Waals surface area contributed by atoms with Crippen molar-refractivity contribution in [3.8, 4) is 0 Å². The number of hydrogen-bond acceptors (Lipinski definition) is 4. The van der Waals surface area contributed by atoms with Gasteiger partial charge in [-0.1, -0.05) is 24.6 Å². The molecular weight excluding hydrogens is 352 g/mol. The highest BCUT2D eigenvalue weighted by Gasteiger charge is 2.58. The van der Waals surface area contributed by atoms with Crippen molar-refractivity contribution < 1.29 is 9.63 Å². The summed E-state index contributed by atoms with van der Waals surface area (Å²) in [7, 11) is 0. The van der Waals surface area contributed by atoms with Crippen molar-refractivity contribution in [2.45, 2.75) is 65.2 Å². The van der Waals surface area contributed by atoms with Crippen LogP contribution >= 0.6 is 0 Å². The number of carbonyl (C=O) groups is 1. The van der Waals surface area contributed by atoms with Crippen molar-refractivity contribution in [2.75, 3.05) is 13.2 Å². The summed E-state index contributed by atoms with van der Waals surface area (Å²) in [5, 5.41) is 14.2. The molecule has 6 heteroatoms. The van der Waals surface area contributed by atoms with Crippen molar-refractivity contribution in [2.24, 2.45) is 39.5 Å². The minimum absolute atomic E-state index is 0.0399. The van der Waals surface area contributed by atoms with Crippen LogP contribution in [0.4, 0.5) is 0 Å². The Labute approximate surface area is 167 Å². The fourth-order valence-corrected chi connectivity index (χ4v) is 6.77. The molecule has 0 aliphatic heterocycles. The molecule has 4 aliphatic rings. The maximum atomic E-state index is 12.5. The first-order valence-corrected chi connectivity index (χ1v) is 10.9. The maximum Gasteiger partial charge on any atom is 0.185 e. The van der Waals surface area contributed by atoms with Gasteiger partial charge in [0, 0.05) is 11.8 Å². The second-order valence-electron chi connectivity index (χ2n) is 9.68. The molecule has 0 aromatic carbocycles. The molecule has 0 aromatic rings. The van der Waals surface area contributed by atoms with E-state index in [2.05, 4.69) is 30.4 Å². The maximum absolute atomic E-state index is 12.5. The van der Waals surface area contributed by atoms with Crippen LogP contribution in [0.25, 0.3) is 0 Å². The van der Waals surface area contributed by atoms with E-state index in [4.69, 9.17) is 16.0 Å². The molecule has 4 rings (SSSR count). The normalized spacial score (nSPS) is 40.9. The Balaban J connectivity index is 1.45. The predicted molar refractivity (Wildman–Crippen MR) is 110 cm³/mol. The van der Waals surface area contributed by atoms with Crippen molar-refractivity contribution in [1.82, 2.24) is 5.32 Å². The lowest BCUT2D eigenvalue weighted by Crippen LogP contribution is -2.50. The van der Waals surface area contributed by atoms with Gasteiger partial charge in [0.25, 0.3) is 0 Å². The molecule has 0 radical (unpaired) electrons. The highest BCUT2D eigenvalue weighted by molar-refractivity contribution is 5.96. The third kappa shape index (κ3) is 3.15. The van der Waals surface area contributed by atoms with E-state index >= 15 is 0 Å². The van der Waals surface area contributed by atoms with E-state index in [1.807, 2.05) is 0 Å². The lowest BCUT2D eigenvalue weighted by atomic mass is 9.47. The highest BCUT2D eigenvalue weighted by atomic mass is 16.6. The Kier molecular flexibility index (Phi) is 5.00. The van der Waals surface area contributed by atoms with E-state index in [9.17, 15) is 4.79 Å². The number of fused-ring (bicyclic) bond motifs is 5. The fourth-order valence-electron chi connectivity index (χ4n) is 6.77. The number of ketones is 1. The molecule has 0 bridgehead atoms. The largest absolute Gasteiger partial charge is 0.394 e. The molecule has 0 heterocycles. The lowest BCUT2D eigenvalue weighted by molar-refractivity contribution is -0.132. The summed E-state index contributed by atoms with van der Waals surface area (Å²) in [5.74, 6) is 2.50. The van der Waals surface area contributed by atoms with Crippen molar-refractivity contribution in [3.63, 3.8) is 0 Å². The van der Waals surface area contributed by atoms with E-state index in [0.717, 1.165) is 44.2 Å². The number of guanidine groups is 1. The van der Waals surface area contributed by atoms with E-state index in [0.29, 0.717) is 36.7 Å². The zero-order chi connectivity index (χ0) is 19.9. The number of rotatable bonds is 4. The van der Waals surface area contributed by atoms with Crippen molar-refractivity contribution in [3.05, 3.63) is 11.6 Å². The highest BCUT2D eigenvalue weighted by Crippen LogP contribution is 2.64. The number of nitrogens with one attached hydrogen (secondary N) is 2. The van der Waals surface area contributed by atoms with Gasteiger partial charge in [0.1, 0.15) is 12.4 Å². The predicted octanol–water partition coefficient (Wildman–Crippen LogP) is 3.37. The Hall–Kier alpha value is -1.85. The number of carbonyl (C=O) groups excluding carboxylic acids is 1. The second-order valence-corrected chi connectivity index (χ2v) is 9.68. The quantitative estimate of drug-likeness (QED) is 0.298. The Morgan fingerprint density at radius 1 is 1.21 bits per heavy atom. The average molecular weight is 387 g/mol. The monoisotopic (exact) mass is 386 g/mol. The van der Waals surface area contributed by atoms with Crippen molar-refractivity contribution >= 4 is 17.5 Å². The van der Waals surface area contributed by atoms with Crippen LogP contribution in [0.1, 0.15) is 65.2 Å². The zero-order valence-electron chi connectivity index (χ0n) is 17.2. The standard InChI is InChI=1S/C22H34N4O2/c1-21-9-7-15(26-28-12-11-25-20(23)24)13-14(21)3-4-16-17-5-6-19(27)22(17,2)10-8-18(16)21/h13,16-18H,3-12H2,1-2H3,(H4,23,24,25)/t16?,17?,18?,21-,22-/m0/s1. The lowest BCUT2D eigenvalue weighted by Gasteiger charge is -2.57. The minimum Gasteiger partial charge on any atom is -0.394 e. The van der Waals surface area contributed by atoms with Crippen LogP contribution in [-0.2, 0) is 9.63 Å². The molecule has 3 fully saturated rings. The van der Waals surface area contributed by atoms with E-state index < -0.39 is 0 Å². The van der Waals surface area contributed by atoms with Gasteiger partial charge in [-0.3, -0.25) is 10.2 Å². The van der Waals surface area contributed by atoms with Crippen LogP contribution in [0.5, 0.6) is 0 Å². The molecule has 3 unspecified atom stereocenters. The summed E-state index contributed by atoms with van der Waals surface area (Å²) in [5.41, 5.74) is 8.05. The van der Waals surface area contributed by atoms with E-state index in [-0.39, 0.29) is 16.8 Å². The molecule has 0 amide bonds. The smallest absolute Gasteiger partial charge is 0.185 e. The molecule has 0 saturated heterocycles. The van der Waals surface area contributed by atoms with Crippen LogP contribution in [0.3, 0.4) is 0 Å². The van der Waals surface area contributed by atoms with Gasteiger partial charge in [-0.2, -0.15) is 0 Å². The van der Waals surface area contributed by atoms with Gasteiger partial charge in [0.15, 0.2) is 5.96 Å². The Morgan fingerprint density at radius 3 is 2.79 bits per heavy atom. The first-order valence-electron chi connectivity index (χ1n) is 10.9. The molecule has 154 valence electrons. The SMILES string of the molecule is C[C@]12CCC(=NOCCNC(=N)N)C=C1CCC1C2CC[C@]2(C)C(=O)CCC12. The molecule has 5 atom stereocenters. The summed E-state index contributed by atoms with van der Waals surface area (Å²) in [6, 6.07) is 0. The second kappa shape index (κ2) is 7.20. The van der Waals surface area contributed by atoms with Gasteiger partial charge in [-0.15, -0.1) is 0 Å². The first-order chi connectivity index (χ1) is 13.3. The number of oxime groups is 1. The molecule has 28 heavy (non-hydrogen) atoms. The Bertz CT molecular complexity index is 730. The third-order valence-electron chi connectivity index (χ3n) is 8.38. The summed E-state index contributed by atoms with van der Waals surface area (Å²) in [6.45, 7) is 5.61. The molecule has 0 aromatic heterocycles. The summed E-state index contributed by atoms with van der Waals surface area (Å²) < 4.78 is 0. The van der Waals surface area contributed by atoms with Crippen molar-refractivity contribution in [1.29, 1.82) is 5.41 Å². The summed E-state index contributed by atoms with van der Waals surface area (Å²) >= 11 is 0. The van der Waals surface area contributed by atoms with Crippen LogP contribution in [0, 0.1) is 34.0 Å². The first kappa shape index (κ1) is 19.5. The summed E-state index contributed by atoms with van der Waals surface area (Å²) in [6.07, 6.45) is 10.9. The Morgan fingerprint density at radius 2 is 2.00 bits per heavy atom. The van der Waals surface area contributed by atoms with Crippen LogP contribution in [-0.4, -0.2) is 30.6 Å². The topological polar surface area (TPSA) is 101 Å². The van der Waals surface area contributed by atoms with E-state index in [1.54, 1.807) is 0 Å². The van der Waals surface area contributed by atoms with E-state index in [1.165, 1.54) is 18.4 Å². The number of nitrogens with two attached hydrogens (primary N) is 1.